The van der Waals surface area contributed by atoms with Gasteiger partial charge in [-0.2, -0.15) is 0 Å². The molecule has 0 fully saturated rings. The van der Waals surface area contributed by atoms with Gasteiger partial charge in [-0.05, 0) is 46.7 Å². The molecule has 0 saturated carbocycles. The van der Waals surface area contributed by atoms with Crippen molar-refractivity contribution < 1.29 is 4.79 Å². The lowest BCUT2D eigenvalue weighted by Gasteiger charge is -2.08. The molecule has 0 aliphatic rings. The number of urea groups is 1. The molecule has 0 spiro atoms. The largest absolute Gasteiger partial charge is 0.356 e. The number of halogens is 1. The maximum atomic E-state index is 12.3. The third kappa shape index (κ3) is 5.00. The second-order valence-corrected chi connectivity index (χ2v) is 9.20. The number of hydrogen-bond donors (Lipinski definition) is 3. The van der Waals surface area contributed by atoms with Crippen molar-refractivity contribution in [2.24, 2.45) is 0 Å². The number of nitrogens with one attached hydrogen (secondary N) is 3. The van der Waals surface area contributed by atoms with Gasteiger partial charge >= 0.3 is 6.03 Å². The molecule has 0 radical (unpaired) electrons. The van der Waals surface area contributed by atoms with Crippen LogP contribution in [-0.4, -0.2) is 11.0 Å². The minimum atomic E-state index is -0.253. The lowest BCUT2D eigenvalue weighted by molar-refractivity contribution is 0.251. The number of fused-ring (bicyclic) bond motifs is 2. The first-order valence-corrected chi connectivity index (χ1v) is 12.0. The summed E-state index contributed by atoms with van der Waals surface area (Å²) in [6.45, 7) is 0.468. The number of hydrogen-bond acceptors (Lipinski definition) is 2. The van der Waals surface area contributed by atoms with E-state index in [9.17, 15) is 4.79 Å². The number of H-pyrrole nitrogens is 1. The average Bonchev–Trinajstić information content (AvgIpc) is 3.17. The highest BCUT2D eigenvalue weighted by Crippen LogP contribution is 2.34. The van der Waals surface area contributed by atoms with Crippen LogP contribution in [0.15, 0.2) is 95.9 Å². The van der Waals surface area contributed by atoms with Crippen LogP contribution >= 0.6 is 23.4 Å². The Kier molecular flexibility index (Phi) is 6.24. The fourth-order valence-electron chi connectivity index (χ4n) is 3.76. The lowest BCUT2D eigenvalue weighted by Crippen LogP contribution is -2.28. The van der Waals surface area contributed by atoms with Gasteiger partial charge in [0.2, 0.25) is 0 Å². The molecule has 0 aliphatic carbocycles. The number of carbonyl (C=O) groups is 1. The van der Waals surface area contributed by atoms with E-state index in [1.165, 1.54) is 15.7 Å². The van der Waals surface area contributed by atoms with Gasteiger partial charge < -0.3 is 15.6 Å². The molecule has 0 unspecified atom stereocenters. The van der Waals surface area contributed by atoms with E-state index in [0.717, 1.165) is 27.9 Å². The summed E-state index contributed by atoms with van der Waals surface area (Å²) < 4.78 is 0. The van der Waals surface area contributed by atoms with Crippen LogP contribution in [0.3, 0.4) is 0 Å². The first-order valence-electron chi connectivity index (χ1n) is 10.7. The Morgan fingerprint density at radius 1 is 0.879 bits per heavy atom. The zero-order valence-corrected chi connectivity index (χ0v) is 19.3. The summed E-state index contributed by atoms with van der Waals surface area (Å²) in [4.78, 5) is 16.9. The Balaban J connectivity index is 1.26. The molecule has 6 heteroatoms. The second kappa shape index (κ2) is 9.61. The van der Waals surface area contributed by atoms with Crippen LogP contribution in [0.25, 0.3) is 21.7 Å². The third-order valence-electron chi connectivity index (χ3n) is 5.46. The van der Waals surface area contributed by atoms with Gasteiger partial charge in [0.25, 0.3) is 0 Å². The predicted molar refractivity (Wildman–Crippen MR) is 139 cm³/mol. The number of carbonyl (C=O) groups excluding carboxylic acids is 1. The van der Waals surface area contributed by atoms with E-state index >= 15 is 0 Å². The first kappa shape index (κ1) is 21.4. The van der Waals surface area contributed by atoms with Crippen molar-refractivity contribution in [2.45, 2.75) is 17.2 Å². The van der Waals surface area contributed by atoms with Crippen LogP contribution in [0.2, 0.25) is 5.02 Å². The van der Waals surface area contributed by atoms with Gasteiger partial charge in [-0.3, -0.25) is 0 Å². The Morgan fingerprint density at radius 2 is 1.67 bits per heavy atom. The summed E-state index contributed by atoms with van der Waals surface area (Å²) in [5, 5.41) is 9.80. The number of anilines is 1. The van der Waals surface area contributed by atoms with Gasteiger partial charge in [-0.25, -0.2) is 4.79 Å². The molecule has 164 valence electrons. The number of amides is 2. The minimum Gasteiger partial charge on any atom is -0.356 e. The maximum Gasteiger partial charge on any atom is 0.319 e. The van der Waals surface area contributed by atoms with Crippen molar-refractivity contribution in [3.63, 3.8) is 0 Å². The predicted octanol–water partition coefficient (Wildman–Crippen LogP) is 7.59. The van der Waals surface area contributed by atoms with Gasteiger partial charge in [0.15, 0.2) is 0 Å². The van der Waals surface area contributed by atoms with Crippen molar-refractivity contribution in [1.29, 1.82) is 0 Å². The molecule has 0 aliphatic heterocycles. The normalized spacial score (nSPS) is 11.1. The molecule has 2 amide bonds. The lowest BCUT2D eigenvalue weighted by atomic mass is 10.1. The van der Waals surface area contributed by atoms with E-state index in [-0.39, 0.29) is 6.03 Å². The van der Waals surface area contributed by atoms with Crippen molar-refractivity contribution in [1.82, 2.24) is 10.3 Å². The fourth-order valence-corrected chi connectivity index (χ4v) is 5.01. The number of rotatable bonds is 6. The summed E-state index contributed by atoms with van der Waals surface area (Å²) in [7, 11) is 0. The molecule has 4 nitrogen and oxygen atoms in total. The van der Waals surface area contributed by atoms with Crippen LogP contribution in [0, 0.1) is 0 Å². The summed E-state index contributed by atoms with van der Waals surface area (Å²) in [6, 6.07) is 30.1. The molecule has 5 rings (SSSR count). The molecule has 1 heterocycles. The zero-order chi connectivity index (χ0) is 22.6. The smallest absolute Gasteiger partial charge is 0.319 e. The highest BCUT2D eigenvalue weighted by molar-refractivity contribution is 7.98. The number of benzene rings is 4. The Hall–Kier alpha value is -3.41. The van der Waals surface area contributed by atoms with Crippen molar-refractivity contribution in [3.8, 4) is 0 Å². The summed E-state index contributed by atoms with van der Waals surface area (Å²) in [5.74, 6) is 0.728. The van der Waals surface area contributed by atoms with Crippen LogP contribution in [-0.2, 0) is 12.3 Å². The van der Waals surface area contributed by atoms with Crippen LogP contribution in [0.5, 0.6) is 0 Å². The maximum absolute atomic E-state index is 12.3. The highest BCUT2D eigenvalue weighted by Gasteiger charge is 2.12. The highest BCUT2D eigenvalue weighted by atomic mass is 35.5. The van der Waals surface area contributed by atoms with Gasteiger partial charge in [0.05, 0.1) is 5.02 Å². The van der Waals surface area contributed by atoms with E-state index < -0.39 is 0 Å². The number of aromatic amines is 1. The molecule has 0 atom stereocenters. The number of aromatic nitrogens is 1. The fraction of sp³-hybridized carbons (Fsp3) is 0.0741. The second-order valence-electron chi connectivity index (χ2n) is 7.77. The molecule has 4 aromatic carbocycles. The zero-order valence-electron chi connectivity index (χ0n) is 17.8. The molecule has 0 bridgehead atoms. The average molecular weight is 472 g/mol. The quantitative estimate of drug-likeness (QED) is 0.223. The van der Waals surface area contributed by atoms with Gasteiger partial charge in [0, 0.05) is 39.5 Å². The third-order valence-corrected chi connectivity index (χ3v) is 6.92. The van der Waals surface area contributed by atoms with Gasteiger partial charge in [0.1, 0.15) is 0 Å². The summed E-state index contributed by atoms with van der Waals surface area (Å²) >= 11 is 8.44. The topological polar surface area (TPSA) is 56.9 Å². The molecule has 0 saturated heterocycles. The molecule has 1 aromatic heterocycles. The molecule has 3 N–H and O–H groups in total. The van der Waals surface area contributed by atoms with Crippen LogP contribution in [0.1, 0.15) is 11.3 Å². The Morgan fingerprint density at radius 3 is 2.52 bits per heavy atom. The molecule has 33 heavy (non-hydrogen) atoms. The van der Waals surface area contributed by atoms with Crippen molar-refractivity contribution >= 4 is 56.8 Å². The van der Waals surface area contributed by atoms with Crippen LogP contribution in [0.4, 0.5) is 10.5 Å². The Labute approximate surface area is 201 Å². The van der Waals surface area contributed by atoms with Gasteiger partial charge in [-0.15, -0.1) is 11.8 Å². The first-order chi connectivity index (χ1) is 16.2. The van der Waals surface area contributed by atoms with Crippen molar-refractivity contribution in [2.75, 3.05) is 5.32 Å². The number of thioether (sulfide) groups is 1. The van der Waals surface area contributed by atoms with Crippen LogP contribution < -0.4 is 10.6 Å². The molecular weight excluding hydrogens is 450 g/mol. The molecule has 5 aromatic rings. The van der Waals surface area contributed by atoms with E-state index in [1.54, 1.807) is 11.8 Å². The monoisotopic (exact) mass is 471 g/mol. The standard InChI is InChI=1S/C27H22ClN3OS/c28-26-23-15-21(30-27(32)29-16-18-6-2-1-3-7-18)11-13-24(23)31-25(26)17-33-22-12-10-19-8-4-5-9-20(19)14-22/h1-15,31H,16-17H2,(H2,29,30,32). The van der Waals surface area contributed by atoms with E-state index in [4.69, 9.17) is 11.6 Å². The summed E-state index contributed by atoms with van der Waals surface area (Å²) in [6.07, 6.45) is 0. The minimum absolute atomic E-state index is 0.253. The van der Waals surface area contributed by atoms with E-state index in [0.29, 0.717) is 17.3 Å². The Bertz CT molecular complexity index is 1430. The SMILES string of the molecule is O=C(NCc1ccccc1)Nc1ccc2[nH]c(CSc3ccc4ccccc4c3)c(Cl)c2c1. The van der Waals surface area contributed by atoms with Crippen molar-refractivity contribution in [3.05, 3.63) is 107 Å². The van der Waals surface area contributed by atoms with E-state index in [1.807, 2.05) is 48.5 Å². The van der Waals surface area contributed by atoms with E-state index in [2.05, 4.69) is 58.1 Å². The molecular formula is C27H22ClN3OS. The summed E-state index contributed by atoms with van der Waals surface area (Å²) in [5.41, 5.74) is 3.66. The van der Waals surface area contributed by atoms with Gasteiger partial charge in [-0.1, -0.05) is 72.3 Å².